The fourth-order valence-electron chi connectivity index (χ4n) is 9.52. The monoisotopic (exact) mass is 1370 g/mol. The van der Waals surface area contributed by atoms with Crippen LogP contribution in [0.5, 0.6) is 0 Å². The van der Waals surface area contributed by atoms with Gasteiger partial charge in [-0.3, -0.25) is 32.5 Å². The topological polar surface area (TPSA) is 231 Å². The highest BCUT2D eigenvalue weighted by molar-refractivity contribution is 7.47. The highest BCUT2D eigenvalue weighted by atomic mass is 31.2. The summed E-state index contributed by atoms with van der Waals surface area (Å²) in [4.78, 5) is 58.5. The number of ether oxygens (including phenoxy) is 3. The number of phosphoric ester groups is 2. The molecule has 0 amide bonds. The first-order chi connectivity index (χ1) is 46.2. The van der Waals surface area contributed by atoms with E-state index in [1.165, 1.54) is 57.8 Å². The lowest BCUT2D eigenvalue weighted by atomic mass is 10.1. The van der Waals surface area contributed by atoms with Gasteiger partial charge in [0.1, 0.15) is 25.4 Å². The molecule has 95 heavy (non-hydrogen) atoms. The van der Waals surface area contributed by atoms with Gasteiger partial charge in [0.05, 0.1) is 26.4 Å². The summed E-state index contributed by atoms with van der Waals surface area (Å²) < 4.78 is 61.0. The average Bonchev–Trinajstić information content (AvgIpc) is 2.24. The molecule has 0 saturated heterocycles. The molecule has 0 aliphatic rings. The van der Waals surface area contributed by atoms with Crippen LogP contribution in [0.4, 0.5) is 0 Å². The van der Waals surface area contributed by atoms with E-state index in [9.17, 15) is 43.5 Å². The van der Waals surface area contributed by atoms with Crippen molar-refractivity contribution in [3.63, 3.8) is 0 Å². The van der Waals surface area contributed by atoms with Gasteiger partial charge in [0.15, 0.2) is 6.10 Å². The third-order valence-corrected chi connectivity index (χ3v) is 17.0. The molecule has 0 aliphatic heterocycles. The first-order valence-corrected chi connectivity index (χ1v) is 39.8. The average molecular weight is 1380 g/mol. The number of carbonyl (C=O) groups excluding carboxylic acids is 3. The molecule has 0 radical (unpaired) electrons. The van der Waals surface area contributed by atoms with E-state index in [1.54, 1.807) is 0 Å². The molecule has 0 bridgehead atoms. The minimum atomic E-state index is -4.93. The summed E-state index contributed by atoms with van der Waals surface area (Å²) in [5.74, 6) is -1.61. The van der Waals surface area contributed by atoms with Crippen LogP contribution in [0.1, 0.15) is 290 Å². The van der Waals surface area contributed by atoms with Crippen LogP contribution in [0.2, 0.25) is 0 Å². The minimum Gasteiger partial charge on any atom is -0.463 e. The van der Waals surface area contributed by atoms with Crippen LogP contribution in [0.25, 0.3) is 0 Å². The smallest absolute Gasteiger partial charge is 0.463 e. The van der Waals surface area contributed by atoms with Gasteiger partial charge in [-0.1, -0.05) is 258 Å². The van der Waals surface area contributed by atoms with E-state index < -0.39 is 91.5 Å². The largest absolute Gasteiger partial charge is 0.472 e. The Kier molecular flexibility index (Phi) is 66.9. The van der Waals surface area contributed by atoms with E-state index in [4.69, 9.17) is 32.3 Å². The molecule has 0 heterocycles. The van der Waals surface area contributed by atoms with Crippen LogP contribution in [0.15, 0.2) is 122 Å². The lowest BCUT2D eigenvalue weighted by Crippen LogP contribution is -2.30. The van der Waals surface area contributed by atoms with Crippen LogP contribution >= 0.6 is 15.6 Å². The highest BCUT2D eigenvalue weighted by Gasteiger charge is 2.29. The standard InChI is InChI=1S/C77H132O16P2/c1-4-7-10-13-16-19-22-25-28-30-32-33-34-35-36-37-39-41-43-45-48-51-54-57-60-63-75(80)87-66-72(78)67-89-94(83,84)90-68-73(79)69-91-95(85,86)92-71-74(93-77(82)65-62-59-56-53-50-47-42-27-24-21-18-15-12-9-6-3)70-88-76(81)64-61-58-55-52-49-46-44-40-38-31-29-26-23-20-17-14-11-8-5-2/h7,10,16-17,19-20,25-29,32-33,35-36,38-42,72-74,78-79H,4-6,8-9,11-15,18,21-24,30-31,34,37,43-71H2,1-3H3,(H,83,84)(H,85,86)/b10-7-,19-16-,20-17-,28-25-,29-26-,33-32-,36-35-,40-38-,41-39-,42-27-. The summed E-state index contributed by atoms with van der Waals surface area (Å²) in [5, 5.41) is 20.6. The third-order valence-electron chi connectivity index (χ3n) is 15.1. The van der Waals surface area contributed by atoms with Gasteiger partial charge < -0.3 is 34.2 Å². The number of aliphatic hydroxyl groups is 2. The molecule has 0 aromatic carbocycles. The predicted octanol–water partition coefficient (Wildman–Crippen LogP) is 21.0. The molecule has 18 heteroatoms. The molecule has 0 aliphatic carbocycles. The number of unbranched alkanes of at least 4 members (excludes halogenated alkanes) is 26. The zero-order valence-electron chi connectivity index (χ0n) is 59.3. The van der Waals surface area contributed by atoms with Crippen molar-refractivity contribution in [2.45, 2.75) is 309 Å². The quantitative estimate of drug-likeness (QED) is 0.0146. The Bertz CT molecular complexity index is 2210. The fraction of sp³-hybridized carbons (Fsp3) is 0.701. The van der Waals surface area contributed by atoms with Crippen LogP contribution in [0, 0.1) is 0 Å². The maximum atomic E-state index is 12.9. The van der Waals surface area contributed by atoms with E-state index in [0.29, 0.717) is 19.3 Å². The van der Waals surface area contributed by atoms with E-state index in [1.807, 2.05) is 0 Å². The Morgan fingerprint density at radius 1 is 0.305 bits per heavy atom. The third kappa shape index (κ3) is 71.1. The van der Waals surface area contributed by atoms with E-state index in [-0.39, 0.29) is 19.3 Å². The normalized spacial score (nSPS) is 14.8. The molecule has 0 spiro atoms. The molecule has 0 fully saturated rings. The second-order valence-electron chi connectivity index (χ2n) is 24.4. The Balaban J connectivity index is 4.63. The Labute approximate surface area is 576 Å². The number of hydrogen-bond acceptors (Lipinski definition) is 14. The molecule has 16 nitrogen and oxygen atoms in total. The molecule has 5 unspecified atom stereocenters. The second-order valence-corrected chi connectivity index (χ2v) is 27.3. The minimum absolute atomic E-state index is 0.0900. The summed E-state index contributed by atoms with van der Waals surface area (Å²) in [6.45, 7) is 2.49. The fourth-order valence-corrected chi connectivity index (χ4v) is 11.1. The molecule has 0 rings (SSSR count). The van der Waals surface area contributed by atoms with Gasteiger partial charge in [0.2, 0.25) is 0 Å². The van der Waals surface area contributed by atoms with Gasteiger partial charge in [-0.05, 0) is 135 Å². The van der Waals surface area contributed by atoms with Crippen molar-refractivity contribution >= 4 is 33.6 Å². The second kappa shape index (κ2) is 69.8. The zero-order valence-corrected chi connectivity index (χ0v) is 61.1. The molecule has 0 aromatic rings. The number of allylic oxidation sites excluding steroid dienone is 20. The van der Waals surface area contributed by atoms with Gasteiger partial charge in [0, 0.05) is 19.3 Å². The lowest BCUT2D eigenvalue weighted by Gasteiger charge is -2.21. The maximum absolute atomic E-state index is 12.9. The zero-order chi connectivity index (χ0) is 69.5. The summed E-state index contributed by atoms with van der Waals surface area (Å²) in [6.07, 6.45) is 80.9. The number of phosphoric acid groups is 2. The molecular weight excluding hydrogens is 1240 g/mol. The number of esters is 3. The van der Waals surface area contributed by atoms with E-state index >= 15 is 0 Å². The van der Waals surface area contributed by atoms with Crippen molar-refractivity contribution < 1.29 is 75.8 Å². The van der Waals surface area contributed by atoms with Gasteiger partial charge in [-0.15, -0.1) is 0 Å². The molecule has 0 saturated carbocycles. The van der Waals surface area contributed by atoms with Gasteiger partial charge >= 0.3 is 33.6 Å². The van der Waals surface area contributed by atoms with Crippen LogP contribution in [-0.2, 0) is 55.8 Å². The Morgan fingerprint density at radius 2 is 0.558 bits per heavy atom. The van der Waals surface area contributed by atoms with Crippen molar-refractivity contribution in [3.05, 3.63) is 122 Å². The number of aliphatic hydroxyl groups excluding tert-OH is 2. The van der Waals surface area contributed by atoms with Crippen molar-refractivity contribution in [1.29, 1.82) is 0 Å². The van der Waals surface area contributed by atoms with Crippen LogP contribution in [0.3, 0.4) is 0 Å². The van der Waals surface area contributed by atoms with Crippen molar-refractivity contribution in [2.75, 3.05) is 39.6 Å². The summed E-state index contributed by atoms with van der Waals surface area (Å²) in [6, 6.07) is 0. The number of hydrogen-bond donors (Lipinski definition) is 4. The maximum Gasteiger partial charge on any atom is 0.472 e. The molecule has 546 valence electrons. The van der Waals surface area contributed by atoms with Crippen molar-refractivity contribution in [2.24, 2.45) is 0 Å². The summed E-state index contributed by atoms with van der Waals surface area (Å²) in [5.41, 5.74) is 0. The Hall–Kier alpha value is -4.05. The molecule has 0 aromatic heterocycles. The number of carbonyl (C=O) groups is 3. The predicted molar refractivity (Wildman–Crippen MR) is 390 cm³/mol. The highest BCUT2D eigenvalue weighted by Crippen LogP contribution is 2.45. The Morgan fingerprint density at radius 3 is 0.916 bits per heavy atom. The first kappa shape index (κ1) is 91.0. The van der Waals surface area contributed by atoms with Gasteiger partial charge in [-0.25, -0.2) is 9.13 Å². The molecule has 5 atom stereocenters. The van der Waals surface area contributed by atoms with Crippen LogP contribution < -0.4 is 0 Å². The first-order valence-electron chi connectivity index (χ1n) is 36.8. The van der Waals surface area contributed by atoms with Crippen molar-refractivity contribution in [3.8, 4) is 0 Å². The number of rotatable bonds is 69. The van der Waals surface area contributed by atoms with E-state index in [2.05, 4.69) is 142 Å². The van der Waals surface area contributed by atoms with Gasteiger partial charge in [0.25, 0.3) is 0 Å². The van der Waals surface area contributed by atoms with E-state index in [0.717, 1.165) is 173 Å². The molecule has 4 N–H and O–H groups in total. The van der Waals surface area contributed by atoms with Gasteiger partial charge in [-0.2, -0.15) is 0 Å². The summed E-state index contributed by atoms with van der Waals surface area (Å²) >= 11 is 0. The lowest BCUT2D eigenvalue weighted by molar-refractivity contribution is -0.161. The SMILES string of the molecule is CC/C=C\C/C=C\C/C=C\C/C=C\C/C=C\C/C=C\CCCCCCCCC(=O)OCC(O)COP(=O)(O)OCC(O)COP(=O)(O)OCC(COC(=O)CCCCCCCC/C=C\C/C=C\C/C=C\CCCCC)OC(=O)CCCCCCC/C=C\CCCCCCCC. The van der Waals surface area contributed by atoms with Crippen LogP contribution in [-0.4, -0.2) is 95.9 Å². The molecular formula is C77H132O16P2. The van der Waals surface area contributed by atoms with Crippen molar-refractivity contribution in [1.82, 2.24) is 0 Å². The summed E-state index contributed by atoms with van der Waals surface area (Å²) in [7, 11) is -9.79.